The maximum absolute atomic E-state index is 5.89. The van der Waals surface area contributed by atoms with Gasteiger partial charge in [-0.3, -0.25) is 4.99 Å². The predicted molar refractivity (Wildman–Crippen MR) is 90.4 cm³/mol. The average molecular weight is 305 g/mol. The van der Waals surface area contributed by atoms with Crippen LogP contribution >= 0.6 is 0 Å². The molecule has 1 heterocycles. The lowest BCUT2D eigenvalue weighted by atomic mass is 10.1. The van der Waals surface area contributed by atoms with E-state index in [0.717, 1.165) is 31.6 Å². The van der Waals surface area contributed by atoms with Crippen molar-refractivity contribution in [2.75, 3.05) is 31.7 Å². The number of nitrogens with zero attached hydrogens (tertiary/aromatic N) is 1. The highest BCUT2D eigenvalue weighted by atomic mass is 16.5. The molecule has 5 heteroatoms. The molecule has 0 bridgehead atoms. The quantitative estimate of drug-likeness (QED) is 0.461. The van der Waals surface area contributed by atoms with E-state index in [2.05, 4.69) is 36.3 Å². The molecule has 3 N–H and O–H groups in total. The predicted octanol–water partition coefficient (Wildman–Crippen LogP) is 2.62. The maximum Gasteiger partial charge on any atom is 0.193 e. The second-order valence-corrected chi connectivity index (χ2v) is 5.75. The van der Waals surface area contributed by atoms with Gasteiger partial charge in [0.05, 0.1) is 12.7 Å². The molecule has 1 aliphatic heterocycles. The summed E-state index contributed by atoms with van der Waals surface area (Å²) in [5, 5.41) is 3.11. The molecule has 0 radical (unpaired) electrons. The van der Waals surface area contributed by atoms with Crippen LogP contribution in [0.5, 0.6) is 0 Å². The van der Waals surface area contributed by atoms with Crippen LogP contribution in [-0.2, 0) is 9.47 Å². The van der Waals surface area contributed by atoms with Crippen LogP contribution in [0, 0.1) is 13.8 Å². The highest BCUT2D eigenvalue weighted by molar-refractivity contribution is 5.92. The van der Waals surface area contributed by atoms with Crippen molar-refractivity contribution >= 4 is 11.6 Å². The molecule has 1 saturated heterocycles. The summed E-state index contributed by atoms with van der Waals surface area (Å²) in [5.74, 6) is 0.447. The van der Waals surface area contributed by atoms with Gasteiger partial charge in [0.15, 0.2) is 5.96 Å². The first-order valence-electron chi connectivity index (χ1n) is 7.98. The molecule has 5 nitrogen and oxygen atoms in total. The fourth-order valence-electron chi connectivity index (χ4n) is 2.36. The number of ether oxygens (including phenoxy) is 2. The molecule has 0 saturated carbocycles. The minimum atomic E-state index is 0.292. The number of guanidine groups is 1. The third kappa shape index (κ3) is 5.66. The third-order valence-electron chi connectivity index (χ3n) is 3.84. The molecule has 1 aromatic carbocycles. The second-order valence-electron chi connectivity index (χ2n) is 5.75. The van der Waals surface area contributed by atoms with Crippen LogP contribution in [0.2, 0.25) is 0 Å². The normalized spacial score (nSPS) is 18.6. The molecule has 1 aromatic rings. The SMILES string of the molecule is Cc1ccc(NC(N)=NCCCOCC2CCCO2)cc1C. The zero-order valence-corrected chi connectivity index (χ0v) is 13.6. The Morgan fingerprint density at radius 1 is 1.41 bits per heavy atom. The fraction of sp³-hybridized carbons (Fsp3) is 0.588. The zero-order chi connectivity index (χ0) is 15.8. The number of hydrogen-bond acceptors (Lipinski definition) is 3. The molecular formula is C17H27N3O2. The molecule has 0 aliphatic carbocycles. The van der Waals surface area contributed by atoms with Gasteiger partial charge in [-0.1, -0.05) is 6.07 Å². The molecule has 2 rings (SSSR count). The largest absolute Gasteiger partial charge is 0.379 e. The first-order valence-corrected chi connectivity index (χ1v) is 7.98. The lowest BCUT2D eigenvalue weighted by Gasteiger charge is -2.10. The van der Waals surface area contributed by atoms with Gasteiger partial charge in [-0.25, -0.2) is 0 Å². The molecule has 22 heavy (non-hydrogen) atoms. The number of nitrogens with two attached hydrogens (primary N) is 1. The first kappa shape index (κ1) is 16.8. The molecule has 1 aliphatic rings. The van der Waals surface area contributed by atoms with E-state index in [9.17, 15) is 0 Å². The summed E-state index contributed by atoms with van der Waals surface area (Å²) < 4.78 is 11.1. The van der Waals surface area contributed by atoms with Gasteiger partial charge in [0.25, 0.3) is 0 Å². The van der Waals surface area contributed by atoms with Crippen molar-refractivity contribution in [2.24, 2.45) is 10.7 Å². The number of aryl methyl sites for hydroxylation is 2. The summed E-state index contributed by atoms with van der Waals surface area (Å²) in [6.45, 7) is 7.10. The summed E-state index contributed by atoms with van der Waals surface area (Å²) in [5.41, 5.74) is 9.36. The summed E-state index contributed by atoms with van der Waals surface area (Å²) in [4.78, 5) is 4.31. The highest BCUT2D eigenvalue weighted by Crippen LogP contribution is 2.14. The standard InChI is InChI=1S/C17H27N3O2/c1-13-6-7-15(11-14(13)2)20-17(18)19-8-4-9-21-12-16-5-3-10-22-16/h6-7,11,16H,3-5,8-10,12H2,1-2H3,(H3,18,19,20). The second kappa shape index (κ2) is 8.76. The molecule has 0 spiro atoms. The van der Waals surface area contributed by atoms with E-state index in [4.69, 9.17) is 15.2 Å². The molecule has 0 aromatic heterocycles. The van der Waals surface area contributed by atoms with Gasteiger partial charge in [-0.2, -0.15) is 0 Å². The summed E-state index contributed by atoms with van der Waals surface area (Å²) in [6, 6.07) is 6.15. The van der Waals surface area contributed by atoms with Crippen molar-refractivity contribution in [3.63, 3.8) is 0 Å². The third-order valence-corrected chi connectivity index (χ3v) is 3.84. The van der Waals surface area contributed by atoms with Crippen molar-refractivity contribution in [3.05, 3.63) is 29.3 Å². The number of aliphatic imine (C=N–C) groups is 1. The van der Waals surface area contributed by atoms with E-state index >= 15 is 0 Å². The van der Waals surface area contributed by atoms with Gasteiger partial charge in [0, 0.05) is 25.4 Å². The van der Waals surface area contributed by atoms with Crippen LogP contribution in [0.1, 0.15) is 30.4 Å². The number of hydrogen-bond donors (Lipinski definition) is 2. The molecule has 1 fully saturated rings. The Balaban J connectivity index is 1.61. The lowest BCUT2D eigenvalue weighted by Crippen LogP contribution is -2.23. The van der Waals surface area contributed by atoms with Crippen LogP contribution in [0.25, 0.3) is 0 Å². The monoisotopic (exact) mass is 305 g/mol. The highest BCUT2D eigenvalue weighted by Gasteiger charge is 2.14. The Labute approximate surface area is 132 Å². The smallest absolute Gasteiger partial charge is 0.193 e. The first-order chi connectivity index (χ1) is 10.6. The molecule has 1 atom stereocenters. The van der Waals surface area contributed by atoms with E-state index in [1.54, 1.807) is 0 Å². The van der Waals surface area contributed by atoms with Gasteiger partial charge in [-0.05, 0) is 56.4 Å². The molecule has 122 valence electrons. The molecular weight excluding hydrogens is 278 g/mol. The van der Waals surface area contributed by atoms with Gasteiger partial charge in [-0.15, -0.1) is 0 Å². The van der Waals surface area contributed by atoms with Gasteiger partial charge >= 0.3 is 0 Å². The van der Waals surface area contributed by atoms with Crippen molar-refractivity contribution < 1.29 is 9.47 Å². The topological polar surface area (TPSA) is 68.9 Å². The zero-order valence-electron chi connectivity index (χ0n) is 13.6. The Morgan fingerprint density at radius 2 is 2.27 bits per heavy atom. The van der Waals surface area contributed by atoms with Crippen molar-refractivity contribution in [2.45, 2.75) is 39.2 Å². The van der Waals surface area contributed by atoms with Crippen LogP contribution in [-0.4, -0.2) is 38.4 Å². The van der Waals surface area contributed by atoms with Crippen LogP contribution in [0.4, 0.5) is 5.69 Å². The van der Waals surface area contributed by atoms with Crippen LogP contribution in [0.15, 0.2) is 23.2 Å². The van der Waals surface area contributed by atoms with Gasteiger partial charge in [0.1, 0.15) is 0 Å². The van der Waals surface area contributed by atoms with E-state index in [-0.39, 0.29) is 0 Å². The number of rotatable bonds is 7. The van der Waals surface area contributed by atoms with Crippen LogP contribution in [0.3, 0.4) is 0 Å². The van der Waals surface area contributed by atoms with E-state index in [1.165, 1.54) is 11.1 Å². The Hall–Kier alpha value is -1.59. The Bertz CT molecular complexity index is 497. The van der Waals surface area contributed by atoms with E-state index < -0.39 is 0 Å². The maximum atomic E-state index is 5.89. The van der Waals surface area contributed by atoms with E-state index in [1.807, 2.05) is 6.07 Å². The summed E-state index contributed by atoms with van der Waals surface area (Å²) >= 11 is 0. The number of benzene rings is 1. The minimum absolute atomic E-state index is 0.292. The average Bonchev–Trinajstić information content (AvgIpc) is 3.00. The van der Waals surface area contributed by atoms with Crippen molar-refractivity contribution in [1.29, 1.82) is 0 Å². The summed E-state index contributed by atoms with van der Waals surface area (Å²) in [6.07, 6.45) is 3.42. The minimum Gasteiger partial charge on any atom is -0.379 e. The Kier molecular flexibility index (Phi) is 6.68. The van der Waals surface area contributed by atoms with Crippen molar-refractivity contribution in [1.82, 2.24) is 0 Å². The number of anilines is 1. The lowest BCUT2D eigenvalue weighted by molar-refractivity contribution is 0.0171. The van der Waals surface area contributed by atoms with E-state index in [0.29, 0.717) is 31.8 Å². The van der Waals surface area contributed by atoms with Crippen molar-refractivity contribution in [3.8, 4) is 0 Å². The molecule has 1 unspecified atom stereocenters. The van der Waals surface area contributed by atoms with Crippen LogP contribution < -0.4 is 11.1 Å². The van der Waals surface area contributed by atoms with Gasteiger partial charge < -0.3 is 20.5 Å². The Morgan fingerprint density at radius 3 is 3.00 bits per heavy atom. The number of nitrogens with one attached hydrogen (secondary N) is 1. The fourth-order valence-corrected chi connectivity index (χ4v) is 2.36. The van der Waals surface area contributed by atoms with Gasteiger partial charge in [0.2, 0.25) is 0 Å². The molecule has 0 amide bonds. The summed E-state index contributed by atoms with van der Waals surface area (Å²) in [7, 11) is 0.